The van der Waals surface area contributed by atoms with Crippen LogP contribution in [0.1, 0.15) is 55.3 Å². The molecule has 0 saturated carbocycles. The Morgan fingerprint density at radius 2 is 1.67 bits per heavy atom. The van der Waals surface area contributed by atoms with Crippen molar-refractivity contribution in [2.24, 2.45) is 0 Å². The zero-order valence-corrected chi connectivity index (χ0v) is 27.2. The number of carbonyl (C=O) groups is 2. The van der Waals surface area contributed by atoms with Gasteiger partial charge in [-0.2, -0.15) is 11.8 Å². The Morgan fingerprint density at radius 3 is 2.26 bits per heavy atom. The van der Waals surface area contributed by atoms with E-state index in [2.05, 4.69) is 5.32 Å². The third-order valence-electron chi connectivity index (χ3n) is 6.64. The first kappa shape index (κ1) is 33.7. The van der Waals surface area contributed by atoms with Crippen molar-refractivity contribution in [3.05, 3.63) is 70.6 Å². The highest BCUT2D eigenvalue weighted by Crippen LogP contribution is 2.35. The van der Waals surface area contributed by atoms with Crippen LogP contribution < -0.4 is 10.2 Å². The highest BCUT2D eigenvalue weighted by Gasteiger charge is 2.27. The van der Waals surface area contributed by atoms with Crippen LogP contribution in [0.4, 0.5) is 24.3 Å². The summed E-state index contributed by atoms with van der Waals surface area (Å²) in [5, 5.41) is 3.50. The Hall–Kier alpha value is -2.76. The second-order valence-electron chi connectivity index (χ2n) is 9.79. The first-order valence-corrected chi connectivity index (χ1v) is 17.8. The van der Waals surface area contributed by atoms with E-state index >= 15 is 0 Å². The van der Waals surface area contributed by atoms with Crippen LogP contribution in [-0.4, -0.2) is 64.2 Å². The van der Waals surface area contributed by atoms with Crippen LogP contribution in [0.15, 0.2) is 48.5 Å². The average Bonchev–Trinajstić information content (AvgIpc) is 3.42. The van der Waals surface area contributed by atoms with Crippen molar-refractivity contribution < 1.29 is 22.6 Å². The van der Waals surface area contributed by atoms with Crippen LogP contribution in [0.2, 0.25) is 0 Å². The molecule has 6 nitrogen and oxygen atoms in total. The van der Waals surface area contributed by atoms with Gasteiger partial charge in [0.1, 0.15) is 5.00 Å². The van der Waals surface area contributed by atoms with Gasteiger partial charge in [0.15, 0.2) is 11.6 Å². The molecule has 2 aromatic carbocycles. The van der Waals surface area contributed by atoms with E-state index in [1.54, 1.807) is 45.8 Å². The van der Waals surface area contributed by atoms with Gasteiger partial charge < -0.3 is 4.90 Å². The predicted octanol–water partition coefficient (Wildman–Crippen LogP) is 7.84. The smallest absolute Gasteiger partial charge is 0.326 e. The van der Waals surface area contributed by atoms with Crippen molar-refractivity contribution in [1.29, 1.82) is 0 Å². The molecule has 0 atom stereocenters. The molecular weight excluding hydrogens is 597 g/mol. The van der Waals surface area contributed by atoms with Gasteiger partial charge in [-0.15, -0.1) is 11.3 Å². The molecule has 11 heteroatoms. The quantitative estimate of drug-likeness (QED) is 0.243. The summed E-state index contributed by atoms with van der Waals surface area (Å²) in [5.74, 6) is -0.0271. The molecule has 42 heavy (non-hydrogen) atoms. The maximum atomic E-state index is 13.8. The SMILES string of the molecule is CC.CSCCCN(C(=O)Nc1sc(C(C)C)cc1C(=O)N1CCS(=O)CC1)c1ccc(-c2ccc(F)c(F)c2)cc1. The van der Waals surface area contributed by atoms with Gasteiger partial charge in [-0.25, -0.2) is 13.6 Å². The second-order valence-corrected chi connectivity index (χ2v) is 13.6. The first-order chi connectivity index (χ1) is 20.2. The fourth-order valence-corrected chi connectivity index (χ4v) is 6.86. The molecule has 0 bridgehead atoms. The lowest BCUT2D eigenvalue weighted by Crippen LogP contribution is -2.42. The van der Waals surface area contributed by atoms with Gasteiger partial charge in [-0.05, 0) is 65.8 Å². The van der Waals surface area contributed by atoms with Crippen LogP contribution in [0.25, 0.3) is 11.1 Å². The van der Waals surface area contributed by atoms with Gasteiger partial charge in [-0.1, -0.05) is 45.9 Å². The van der Waals surface area contributed by atoms with Gasteiger partial charge in [0.05, 0.1) is 5.56 Å². The van der Waals surface area contributed by atoms with Crippen molar-refractivity contribution in [3.8, 4) is 11.1 Å². The van der Waals surface area contributed by atoms with Crippen LogP contribution in [0.3, 0.4) is 0 Å². The van der Waals surface area contributed by atoms with Crippen LogP contribution in [-0.2, 0) is 10.8 Å². The molecule has 1 aliphatic rings. The maximum Gasteiger partial charge on any atom is 0.326 e. The van der Waals surface area contributed by atoms with Crippen molar-refractivity contribution in [2.75, 3.05) is 53.4 Å². The first-order valence-electron chi connectivity index (χ1n) is 14.1. The summed E-state index contributed by atoms with van der Waals surface area (Å²) < 4.78 is 38.9. The number of urea groups is 1. The summed E-state index contributed by atoms with van der Waals surface area (Å²) in [5.41, 5.74) is 2.33. The molecule has 0 radical (unpaired) electrons. The van der Waals surface area contributed by atoms with Crippen LogP contribution >= 0.6 is 23.1 Å². The summed E-state index contributed by atoms with van der Waals surface area (Å²) in [6.07, 6.45) is 2.77. The molecule has 0 spiro atoms. The van der Waals surface area contributed by atoms with E-state index < -0.39 is 22.4 Å². The maximum absolute atomic E-state index is 13.8. The van der Waals surface area contributed by atoms with E-state index in [1.165, 1.54) is 17.4 Å². The summed E-state index contributed by atoms with van der Waals surface area (Å²) in [4.78, 5) is 31.4. The average molecular weight is 636 g/mol. The number of benzene rings is 2. The molecule has 228 valence electrons. The molecule has 1 fully saturated rings. The number of carbonyl (C=O) groups excluding carboxylic acids is 2. The molecule has 1 saturated heterocycles. The summed E-state index contributed by atoms with van der Waals surface area (Å²) in [6, 6.07) is 12.4. The largest absolute Gasteiger partial charge is 0.337 e. The number of nitrogens with one attached hydrogen (secondary N) is 1. The molecule has 3 amide bonds. The number of anilines is 2. The number of hydrogen-bond donors (Lipinski definition) is 1. The highest BCUT2D eigenvalue weighted by molar-refractivity contribution is 7.98. The number of nitrogens with zero attached hydrogens (tertiary/aromatic N) is 2. The fourth-order valence-electron chi connectivity index (χ4n) is 4.35. The van der Waals surface area contributed by atoms with Crippen molar-refractivity contribution in [2.45, 2.75) is 40.0 Å². The lowest BCUT2D eigenvalue weighted by atomic mass is 10.0. The Labute approximate surface area is 258 Å². The minimum Gasteiger partial charge on any atom is -0.337 e. The Balaban J connectivity index is 0.00000237. The molecule has 1 aromatic heterocycles. The zero-order valence-electron chi connectivity index (χ0n) is 24.7. The summed E-state index contributed by atoms with van der Waals surface area (Å²) >= 11 is 3.09. The molecule has 1 N–H and O–H groups in total. The minimum absolute atomic E-state index is 0.167. The lowest BCUT2D eigenvalue weighted by molar-refractivity contribution is 0.0772. The topological polar surface area (TPSA) is 69.7 Å². The van der Waals surface area contributed by atoms with Crippen molar-refractivity contribution >= 4 is 56.5 Å². The van der Waals surface area contributed by atoms with E-state index in [9.17, 15) is 22.6 Å². The minimum atomic E-state index is -0.917. The molecule has 1 aliphatic heterocycles. The van der Waals surface area contributed by atoms with Gasteiger partial charge in [0.25, 0.3) is 5.91 Å². The number of rotatable bonds is 9. The number of halogens is 2. The molecule has 3 aromatic rings. The monoisotopic (exact) mass is 635 g/mol. The third kappa shape index (κ3) is 8.64. The van der Waals surface area contributed by atoms with E-state index in [0.717, 1.165) is 29.2 Å². The van der Waals surface area contributed by atoms with E-state index in [-0.39, 0.29) is 17.9 Å². The van der Waals surface area contributed by atoms with Gasteiger partial charge in [0, 0.05) is 52.5 Å². The lowest BCUT2D eigenvalue weighted by Gasteiger charge is -2.27. The third-order valence-corrected chi connectivity index (χ3v) is 9.97. The van der Waals surface area contributed by atoms with Crippen molar-refractivity contribution in [3.63, 3.8) is 0 Å². The number of thiophene rings is 1. The standard InChI is InChI=1S/C29H33F2N3O3S3.C2H6/c1-19(2)26-18-23(28(35)33-12-15-40(37)16-13-33)27(39-26)32-29(36)34(11-4-14-38-3)22-8-5-20(6-9-22)21-7-10-24(30)25(31)17-21;1-2/h5-10,17-19H,4,11-16H2,1-3H3,(H,32,36);1-2H3. The van der Waals surface area contributed by atoms with Crippen LogP contribution in [0, 0.1) is 11.6 Å². The summed E-state index contributed by atoms with van der Waals surface area (Å²) in [7, 11) is -0.903. The number of hydrogen-bond acceptors (Lipinski definition) is 5. The molecule has 0 unspecified atom stereocenters. The second kappa shape index (κ2) is 16.2. The van der Waals surface area contributed by atoms with Gasteiger partial charge in [-0.3, -0.25) is 19.2 Å². The van der Waals surface area contributed by atoms with E-state index in [1.807, 2.05) is 40.0 Å². The molecular formula is C31H39F2N3O3S3. The predicted molar refractivity (Wildman–Crippen MR) is 175 cm³/mol. The van der Waals surface area contributed by atoms with Gasteiger partial charge in [0.2, 0.25) is 0 Å². The number of amides is 3. The number of thioether (sulfide) groups is 1. The van der Waals surface area contributed by atoms with Gasteiger partial charge >= 0.3 is 6.03 Å². The molecule has 0 aliphatic carbocycles. The Bertz CT molecular complexity index is 1370. The Kier molecular flexibility index (Phi) is 13.0. The Morgan fingerprint density at radius 1 is 1.02 bits per heavy atom. The fraction of sp³-hybridized carbons (Fsp3) is 0.419. The normalized spacial score (nSPS) is 13.5. The van der Waals surface area contributed by atoms with Crippen molar-refractivity contribution in [1.82, 2.24) is 4.90 Å². The molecule has 2 heterocycles. The highest BCUT2D eigenvalue weighted by atomic mass is 32.2. The zero-order chi connectivity index (χ0) is 30.8. The van der Waals surface area contributed by atoms with Crippen LogP contribution in [0.5, 0.6) is 0 Å². The van der Waals surface area contributed by atoms with E-state index in [4.69, 9.17) is 0 Å². The summed E-state index contributed by atoms with van der Waals surface area (Å²) in [6.45, 7) is 9.40. The van der Waals surface area contributed by atoms with E-state index in [0.29, 0.717) is 58.5 Å². The molecule has 4 rings (SSSR count).